The van der Waals surface area contributed by atoms with Gasteiger partial charge >= 0.3 is 0 Å². The number of hydrogen-bond acceptors (Lipinski definition) is 3. The van der Waals surface area contributed by atoms with Crippen molar-refractivity contribution < 1.29 is 5.11 Å². The van der Waals surface area contributed by atoms with E-state index in [1.54, 1.807) is 0 Å². The highest BCUT2D eigenvalue weighted by Gasteiger charge is 2.38. The van der Waals surface area contributed by atoms with Crippen LogP contribution in [0.3, 0.4) is 0 Å². The molecule has 2 N–H and O–H groups in total. The fourth-order valence-electron chi connectivity index (χ4n) is 3.24. The van der Waals surface area contributed by atoms with Gasteiger partial charge in [0.15, 0.2) is 0 Å². The summed E-state index contributed by atoms with van der Waals surface area (Å²) in [6.07, 6.45) is 1.43. The molecule has 0 aromatic heterocycles. The summed E-state index contributed by atoms with van der Waals surface area (Å²) in [5.41, 5.74) is 2.49. The minimum Gasteiger partial charge on any atom is -0.389 e. The van der Waals surface area contributed by atoms with Gasteiger partial charge in [0.25, 0.3) is 0 Å². The Bertz CT molecular complexity index is 614. The summed E-state index contributed by atoms with van der Waals surface area (Å²) in [6, 6.07) is 20.7. The molecule has 0 unspecified atom stereocenters. The number of hydrogen-bond donors (Lipinski definition) is 2. The molecule has 0 bridgehead atoms. The Balaban J connectivity index is 1.63. The van der Waals surface area contributed by atoms with E-state index in [1.165, 1.54) is 11.1 Å². The SMILES string of the molecule is C=C[C@H]1[C@H](O)[C@@H](NCc2ccccc2)CN1Cc1ccccc1. The average Bonchev–Trinajstić information content (AvgIpc) is 2.89. The van der Waals surface area contributed by atoms with Crippen LogP contribution in [-0.4, -0.2) is 34.7 Å². The fourth-order valence-corrected chi connectivity index (χ4v) is 3.24. The highest BCUT2D eigenvalue weighted by molar-refractivity contribution is 5.17. The highest BCUT2D eigenvalue weighted by atomic mass is 16.3. The molecule has 3 rings (SSSR count). The van der Waals surface area contributed by atoms with Crippen LogP contribution in [-0.2, 0) is 13.1 Å². The third-order valence-electron chi connectivity index (χ3n) is 4.50. The number of nitrogens with zero attached hydrogens (tertiary/aromatic N) is 1. The predicted molar refractivity (Wildman–Crippen MR) is 93.9 cm³/mol. The van der Waals surface area contributed by atoms with Crippen molar-refractivity contribution in [2.45, 2.75) is 31.3 Å². The number of aliphatic hydroxyl groups is 1. The minimum absolute atomic E-state index is 0.0107. The molecule has 1 aliphatic heterocycles. The topological polar surface area (TPSA) is 35.5 Å². The molecule has 3 nitrogen and oxygen atoms in total. The summed E-state index contributed by atoms with van der Waals surface area (Å²) < 4.78 is 0. The summed E-state index contributed by atoms with van der Waals surface area (Å²) >= 11 is 0. The van der Waals surface area contributed by atoms with Crippen LogP contribution in [0.25, 0.3) is 0 Å². The van der Waals surface area contributed by atoms with Crippen LogP contribution >= 0.6 is 0 Å². The Morgan fingerprint density at radius 3 is 2.26 bits per heavy atom. The third kappa shape index (κ3) is 3.88. The van der Waals surface area contributed by atoms with Gasteiger partial charge < -0.3 is 10.4 Å². The molecule has 0 aliphatic carbocycles. The van der Waals surface area contributed by atoms with Gasteiger partial charge in [0.1, 0.15) is 0 Å². The number of aliphatic hydroxyl groups excluding tert-OH is 1. The zero-order valence-corrected chi connectivity index (χ0v) is 13.3. The number of rotatable bonds is 6. The van der Waals surface area contributed by atoms with Crippen molar-refractivity contribution in [2.24, 2.45) is 0 Å². The molecule has 0 radical (unpaired) electrons. The van der Waals surface area contributed by atoms with Gasteiger partial charge in [-0.25, -0.2) is 0 Å². The molecule has 0 saturated carbocycles. The van der Waals surface area contributed by atoms with E-state index in [0.29, 0.717) is 0 Å². The van der Waals surface area contributed by atoms with Gasteiger partial charge in [0.2, 0.25) is 0 Å². The summed E-state index contributed by atoms with van der Waals surface area (Å²) in [5, 5.41) is 14.1. The molecule has 1 aliphatic rings. The Labute approximate surface area is 138 Å². The molecule has 3 atom stereocenters. The normalized spacial score (nSPS) is 24.7. The van der Waals surface area contributed by atoms with Gasteiger partial charge in [0.05, 0.1) is 12.1 Å². The zero-order valence-electron chi connectivity index (χ0n) is 13.3. The molecule has 0 spiro atoms. The van der Waals surface area contributed by atoms with Crippen LogP contribution in [0.15, 0.2) is 73.3 Å². The van der Waals surface area contributed by atoms with E-state index in [4.69, 9.17) is 0 Å². The standard InChI is InChI=1S/C20H24N2O/c1-2-19-20(23)18(21-13-16-9-5-3-6-10-16)15-22(19)14-17-11-7-4-8-12-17/h2-12,18-21,23H,1,13-15H2/t18-,19-,20+/m0/s1. The summed E-state index contributed by atoms with van der Waals surface area (Å²) in [7, 11) is 0. The van der Waals surface area contributed by atoms with Crippen LogP contribution in [0.5, 0.6) is 0 Å². The Kier molecular flexibility index (Phi) is 5.23. The molecule has 23 heavy (non-hydrogen) atoms. The van der Waals surface area contributed by atoms with Crippen LogP contribution in [0.1, 0.15) is 11.1 Å². The quantitative estimate of drug-likeness (QED) is 0.805. The van der Waals surface area contributed by atoms with Gasteiger partial charge in [-0.2, -0.15) is 0 Å². The molecule has 2 aromatic rings. The van der Waals surface area contributed by atoms with Gasteiger partial charge in [-0.1, -0.05) is 66.7 Å². The van der Waals surface area contributed by atoms with Crippen LogP contribution in [0.4, 0.5) is 0 Å². The van der Waals surface area contributed by atoms with E-state index < -0.39 is 6.10 Å². The predicted octanol–water partition coefficient (Wildman–Crippen LogP) is 2.58. The number of likely N-dealkylation sites (tertiary alicyclic amines) is 1. The lowest BCUT2D eigenvalue weighted by Crippen LogP contribution is -2.40. The first-order valence-corrected chi connectivity index (χ1v) is 8.14. The lowest BCUT2D eigenvalue weighted by Gasteiger charge is -2.22. The van der Waals surface area contributed by atoms with Crippen LogP contribution in [0.2, 0.25) is 0 Å². The maximum Gasteiger partial charge on any atom is 0.0896 e. The molecule has 0 amide bonds. The first-order valence-electron chi connectivity index (χ1n) is 8.14. The molecule has 2 aromatic carbocycles. The first-order chi connectivity index (χ1) is 11.3. The van der Waals surface area contributed by atoms with Crippen molar-refractivity contribution >= 4 is 0 Å². The molecular weight excluding hydrogens is 284 g/mol. The van der Waals surface area contributed by atoms with Crippen molar-refractivity contribution in [1.29, 1.82) is 0 Å². The Morgan fingerprint density at radius 2 is 1.65 bits per heavy atom. The molecule has 1 saturated heterocycles. The van der Waals surface area contributed by atoms with E-state index in [-0.39, 0.29) is 12.1 Å². The van der Waals surface area contributed by atoms with Gasteiger partial charge in [-0.15, -0.1) is 6.58 Å². The maximum atomic E-state index is 10.6. The molecule has 120 valence electrons. The summed E-state index contributed by atoms with van der Waals surface area (Å²) in [4.78, 5) is 2.29. The smallest absolute Gasteiger partial charge is 0.0896 e. The second-order valence-electron chi connectivity index (χ2n) is 6.10. The second kappa shape index (κ2) is 7.55. The van der Waals surface area contributed by atoms with Crippen molar-refractivity contribution in [1.82, 2.24) is 10.2 Å². The first kappa shape index (κ1) is 15.9. The van der Waals surface area contributed by atoms with E-state index in [0.717, 1.165) is 19.6 Å². The largest absolute Gasteiger partial charge is 0.389 e. The highest BCUT2D eigenvalue weighted by Crippen LogP contribution is 2.22. The summed E-state index contributed by atoms with van der Waals surface area (Å²) in [6.45, 7) is 6.33. The van der Waals surface area contributed by atoms with Gasteiger partial charge in [-0.05, 0) is 11.1 Å². The van der Waals surface area contributed by atoms with Gasteiger partial charge in [-0.3, -0.25) is 4.90 Å². The second-order valence-corrected chi connectivity index (χ2v) is 6.10. The minimum atomic E-state index is -0.431. The fraction of sp³-hybridized carbons (Fsp3) is 0.300. The summed E-state index contributed by atoms with van der Waals surface area (Å²) in [5.74, 6) is 0. The number of benzene rings is 2. The average molecular weight is 308 g/mol. The van der Waals surface area contributed by atoms with Crippen molar-refractivity contribution in [3.05, 3.63) is 84.4 Å². The molecule has 3 heteroatoms. The van der Waals surface area contributed by atoms with Crippen LogP contribution in [0, 0.1) is 0 Å². The van der Waals surface area contributed by atoms with E-state index in [1.807, 2.05) is 30.3 Å². The Hall–Kier alpha value is -1.94. The monoisotopic (exact) mass is 308 g/mol. The molecular formula is C20H24N2O. The van der Waals surface area contributed by atoms with Crippen molar-refractivity contribution in [2.75, 3.05) is 6.54 Å². The molecule has 1 fully saturated rings. The third-order valence-corrected chi connectivity index (χ3v) is 4.50. The van der Waals surface area contributed by atoms with Crippen molar-refractivity contribution in [3.8, 4) is 0 Å². The maximum absolute atomic E-state index is 10.6. The van der Waals surface area contributed by atoms with Crippen LogP contribution < -0.4 is 5.32 Å². The van der Waals surface area contributed by atoms with E-state index in [2.05, 4.69) is 53.2 Å². The Morgan fingerprint density at radius 1 is 1.04 bits per heavy atom. The zero-order chi connectivity index (χ0) is 16.1. The molecule has 1 heterocycles. The number of nitrogens with one attached hydrogen (secondary N) is 1. The lowest BCUT2D eigenvalue weighted by molar-refractivity contribution is 0.123. The lowest BCUT2D eigenvalue weighted by atomic mass is 10.1. The van der Waals surface area contributed by atoms with Gasteiger partial charge in [0, 0.05) is 25.7 Å². The van der Waals surface area contributed by atoms with E-state index >= 15 is 0 Å². The van der Waals surface area contributed by atoms with Crippen molar-refractivity contribution in [3.63, 3.8) is 0 Å². The van der Waals surface area contributed by atoms with E-state index in [9.17, 15) is 5.11 Å².